The van der Waals surface area contributed by atoms with Crippen LogP contribution >= 0.6 is 0 Å². The standard InChI is InChI=1S/C10H21N.C2H6O/c1-8(2)7-9-5-4-6-10(9)11-3;1-2-3/h8-11H,4-7H2,1-3H3;3H,2H2,1H3. The molecule has 0 spiro atoms. The fourth-order valence-electron chi connectivity index (χ4n) is 2.30. The summed E-state index contributed by atoms with van der Waals surface area (Å²) in [4.78, 5) is 0. The third-order valence-electron chi connectivity index (χ3n) is 2.80. The highest BCUT2D eigenvalue weighted by atomic mass is 16.2. The molecule has 1 aliphatic carbocycles. The summed E-state index contributed by atoms with van der Waals surface area (Å²) in [6, 6.07) is 0.817. The zero-order valence-corrected chi connectivity index (χ0v) is 10.2. The molecule has 86 valence electrons. The molecule has 0 amide bonds. The van der Waals surface area contributed by atoms with Crippen molar-refractivity contribution in [3.05, 3.63) is 0 Å². The Morgan fingerprint density at radius 1 is 1.36 bits per heavy atom. The minimum atomic E-state index is 0.250. The van der Waals surface area contributed by atoms with Crippen molar-refractivity contribution in [1.82, 2.24) is 5.32 Å². The van der Waals surface area contributed by atoms with Crippen LogP contribution < -0.4 is 5.32 Å². The number of hydrogen-bond donors (Lipinski definition) is 2. The van der Waals surface area contributed by atoms with E-state index in [1.807, 2.05) is 0 Å². The van der Waals surface area contributed by atoms with Gasteiger partial charge in [-0.3, -0.25) is 0 Å². The lowest BCUT2D eigenvalue weighted by molar-refractivity contribution is 0.318. The van der Waals surface area contributed by atoms with Crippen molar-refractivity contribution in [2.24, 2.45) is 11.8 Å². The molecule has 0 aromatic rings. The summed E-state index contributed by atoms with van der Waals surface area (Å²) in [5.74, 6) is 1.83. The first-order valence-corrected chi connectivity index (χ1v) is 5.93. The molecule has 1 saturated carbocycles. The van der Waals surface area contributed by atoms with Crippen LogP contribution in [0.3, 0.4) is 0 Å². The lowest BCUT2D eigenvalue weighted by Crippen LogP contribution is -2.29. The minimum absolute atomic E-state index is 0.250. The number of hydrogen-bond acceptors (Lipinski definition) is 2. The van der Waals surface area contributed by atoms with E-state index in [2.05, 4.69) is 26.2 Å². The summed E-state index contributed by atoms with van der Waals surface area (Å²) >= 11 is 0. The van der Waals surface area contributed by atoms with E-state index < -0.39 is 0 Å². The molecule has 2 unspecified atom stereocenters. The van der Waals surface area contributed by atoms with E-state index in [1.165, 1.54) is 25.7 Å². The van der Waals surface area contributed by atoms with Crippen LogP contribution in [0.1, 0.15) is 46.5 Å². The van der Waals surface area contributed by atoms with Crippen molar-refractivity contribution in [3.8, 4) is 0 Å². The molecular weight excluding hydrogens is 174 g/mol. The van der Waals surface area contributed by atoms with E-state index in [0.29, 0.717) is 0 Å². The van der Waals surface area contributed by atoms with Crippen molar-refractivity contribution in [3.63, 3.8) is 0 Å². The van der Waals surface area contributed by atoms with E-state index in [4.69, 9.17) is 5.11 Å². The molecule has 1 aliphatic rings. The average Bonchev–Trinajstić information content (AvgIpc) is 2.52. The van der Waals surface area contributed by atoms with Crippen LogP contribution in [-0.4, -0.2) is 24.8 Å². The van der Waals surface area contributed by atoms with Gasteiger partial charge in [0, 0.05) is 12.6 Å². The Morgan fingerprint density at radius 3 is 2.36 bits per heavy atom. The first-order valence-electron chi connectivity index (χ1n) is 5.93. The van der Waals surface area contributed by atoms with Crippen LogP contribution in [0.2, 0.25) is 0 Å². The molecule has 0 aliphatic heterocycles. The molecule has 0 radical (unpaired) electrons. The van der Waals surface area contributed by atoms with Gasteiger partial charge in [-0.1, -0.05) is 20.3 Å². The maximum atomic E-state index is 7.57. The SMILES string of the molecule is CCO.CNC1CCCC1CC(C)C. The van der Waals surface area contributed by atoms with Gasteiger partial charge in [-0.15, -0.1) is 0 Å². The molecule has 2 atom stereocenters. The highest BCUT2D eigenvalue weighted by Gasteiger charge is 2.25. The molecular formula is C12H27NO. The fraction of sp³-hybridized carbons (Fsp3) is 1.00. The first-order chi connectivity index (χ1) is 6.65. The van der Waals surface area contributed by atoms with Gasteiger partial charge in [0.25, 0.3) is 0 Å². The van der Waals surface area contributed by atoms with Gasteiger partial charge in [0.15, 0.2) is 0 Å². The van der Waals surface area contributed by atoms with Gasteiger partial charge in [-0.05, 0) is 45.1 Å². The van der Waals surface area contributed by atoms with Crippen LogP contribution in [0.5, 0.6) is 0 Å². The maximum absolute atomic E-state index is 7.57. The topological polar surface area (TPSA) is 32.3 Å². The summed E-state index contributed by atoms with van der Waals surface area (Å²) in [6.45, 7) is 6.58. The molecule has 1 rings (SSSR count). The molecule has 0 bridgehead atoms. The Balaban J connectivity index is 0.000000500. The van der Waals surface area contributed by atoms with Gasteiger partial charge < -0.3 is 10.4 Å². The summed E-state index contributed by atoms with van der Waals surface area (Å²) in [6.07, 6.45) is 5.69. The highest BCUT2D eigenvalue weighted by Crippen LogP contribution is 2.30. The second-order valence-corrected chi connectivity index (χ2v) is 4.53. The number of rotatable bonds is 3. The van der Waals surface area contributed by atoms with Crippen molar-refractivity contribution >= 4 is 0 Å². The quantitative estimate of drug-likeness (QED) is 0.735. The average molecular weight is 201 g/mol. The second kappa shape index (κ2) is 8.25. The van der Waals surface area contributed by atoms with E-state index in [9.17, 15) is 0 Å². The van der Waals surface area contributed by atoms with Gasteiger partial charge in [0.2, 0.25) is 0 Å². The summed E-state index contributed by atoms with van der Waals surface area (Å²) in [7, 11) is 2.10. The molecule has 2 N–H and O–H groups in total. The lowest BCUT2D eigenvalue weighted by atomic mass is 9.93. The van der Waals surface area contributed by atoms with Crippen LogP contribution in [0.15, 0.2) is 0 Å². The van der Waals surface area contributed by atoms with Gasteiger partial charge in [0.1, 0.15) is 0 Å². The van der Waals surface area contributed by atoms with Gasteiger partial charge >= 0.3 is 0 Å². The third kappa shape index (κ3) is 5.61. The van der Waals surface area contributed by atoms with Crippen molar-refractivity contribution in [2.45, 2.75) is 52.5 Å². The molecule has 14 heavy (non-hydrogen) atoms. The normalized spacial score (nSPS) is 26.1. The van der Waals surface area contributed by atoms with Crippen molar-refractivity contribution in [1.29, 1.82) is 0 Å². The van der Waals surface area contributed by atoms with Gasteiger partial charge in [0.05, 0.1) is 0 Å². The maximum Gasteiger partial charge on any atom is 0.0402 e. The third-order valence-corrected chi connectivity index (χ3v) is 2.80. The predicted molar refractivity (Wildman–Crippen MR) is 62.4 cm³/mol. The largest absolute Gasteiger partial charge is 0.397 e. The summed E-state index contributed by atoms with van der Waals surface area (Å²) in [5, 5.41) is 11.0. The summed E-state index contributed by atoms with van der Waals surface area (Å²) in [5.41, 5.74) is 0. The molecule has 2 heteroatoms. The Labute approximate surface area is 89.1 Å². The highest BCUT2D eigenvalue weighted by molar-refractivity contribution is 4.82. The number of nitrogens with one attached hydrogen (secondary N) is 1. The Kier molecular flexibility index (Phi) is 8.20. The fourth-order valence-corrected chi connectivity index (χ4v) is 2.30. The Morgan fingerprint density at radius 2 is 1.93 bits per heavy atom. The van der Waals surface area contributed by atoms with Crippen LogP contribution in [0.25, 0.3) is 0 Å². The number of aliphatic hydroxyl groups excluding tert-OH is 1. The van der Waals surface area contributed by atoms with Crippen LogP contribution in [-0.2, 0) is 0 Å². The lowest BCUT2D eigenvalue weighted by Gasteiger charge is -2.20. The second-order valence-electron chi connectivity index (χ2n) is 4.53. The van der Waals surface area contributed by atoms with Gasteiger partial charge in [-0.2, -0.15) is 0 Å². The van der Waals surface area contributed by atoms with Crippen LogP contribution in [0.4, 0.5) is 0 Å². The van der Waals surface area contributed by atoms with E-state index in [-0.39, 0.29) is 6.61 Å². The monoisotopic (exact) mass is 201 g/mol. The Hall–Kier alpha value is -0.0800. The zero-order valence-electron chi connectivity index (χ0n) is 10.2. The van der Waals surface area contributed by atoms with Crippen LogP contribution in [0, 0.1) is 11.8 Å². The van der Waals surface area contributed by atoms with Gasteiger partial charge in [-0.25, -0.2) is 0 Å². The van der Waals surface area contributed by atoms with Crippen molar-refractivity contribution in [2.75, 3.05) is 13.7 Å². The number of aliphatic hydroxyl groups is 1. The molecule has 0 heterocycles. The smallest absolute Gasteiger partial charge is 0.0402 e. The minimum Gasteiger partial charge on any atom is -0.397 e. The van der Waals surface area contributed by atoms with Crippen molar-refractivity contribution < 1.29 is 5.11 Å². The predicted octanol–water partition coefficient (Wildman–Crippen LogP) is 2.42. The zero-order chi connectivity index (χ0) is 11.0. The molecule has 0 aromatic heterocycles. The van der Waals surface area contributed by atoms with E-state index in [0.717, 1.165) is 17.9 Å². The molecule has 0 aromatic carbocycles. The first kappa shape index (κ1) is 13.9. The summed E-state index contributed by atoms with van der Waals surface area (Å²) < 4.78 is 0. The molecule has 0 saturated heterocycles. The van der Waals surface area contributed by atoms with E-state index >= 15 is 0 Å². The molecule has 2 nitrogen and oxygen atoms in total. The Bertz CT molecular complexity index is 125. The molecule has 1 fully saturated rings. The van der Waals surface area contributed by atoms with E-state index in [1.54, 1.807) is 6.92 Å².